The predicted octanol–water partition coefficient (Wildman–Crippen LogP) is -0.0894. The molecule has 0 radical (unpaired) electrons. The molecule has 19 heavy (non-hydrogen) atoms. The molecule has 0 saturated heterocycles. The third kappa shape index (κ3) is 4.27. The summed E-state index contributed by atoms with van der Waals surface area (Å²) in [6, 6.07) is -0.222. The third-order valence-electron chi connectivity index (χ3n) is 2.90. The normalized spacial score (nSPS) is 13.9. The van der Waals surface area contributed by atoms with Crippen LogP contribution in [0.25, 0.3) is 0 Å². The summed E-state index contributed by atoms with van der Waals surface area (Å²) < 4.78 is 26.8. The lowest BCUT2D eigenvalue weighted by atomic mass is 10.3. The van der Waals surface area contributed by atoms with E-state index in [-0.39, 0.29) is 23.2 Å². The predicted molar refractivity (Wildman–Crippen MR) is 72.1 cm³/mol. The highest BCUT2D eigenvalue weighted by atomic mass is 32.2. The van der Waals surface area contributed by atoms with Crippen molar-refractivity contribution in [3.8, 4) is 0 Å². The van der Waals surface area contributed by atoms with Crippen LogP contribution in [0.2, 0.25) is 0 Å². The van der Waals surface area contributed by atoms with Gasteiger partial charge < -0.3 is 10.0 Å². The van der Waals surface area contributed by atoms with E-state index in [4.69, 9.17) is 5.11 Å². The molecular weight excluding hydrogens is 268 g/mol. The summed E-state index contributed by atoms with van der Waals surface area (Å²) in [5, 5.41) is 15.1. The molecule has 8 heteroatoms. The Morgan fingerprint density at radius 2 is 2.11 bits per heavy atom. The molecule has 1 aromatic heterocycles. The number of H-pyrrole nitrogens is 1. The molecule has 3 N–H and O–H groups in total. The van der Waals surface area contributed by atoms with Crippen molar-refractivity contribution in [2.75, 3.05) is 19.6 Å². The minimum Gasteiger partial charge on any atom is -0.392 e. The van der Waals surface area contributed by atoms with Gasteiger partial charge in [0.05, 0.1) is 12.8 Å². The van der Waals surface area contributed by atoms with Crippen LogP contribution < -0.4 is 4.72 Å². The summed E-state index contributed by atoms with van der Waals surface area (Å²) in [5.41, 5.74) is 0.266. The van der Waals surface area contributed by atoms with Crippen LogP contribution in [-0.2, 0) is 16.6 Å². The van der Waals surface area contributed by atoms with Crippen molar-refractivity contribution in [2.45, 2.75) is 38.4 Å². The smallest absolute Gasteiger partial charge is 0.258 e. The first-order chi connectivity index (χ1) is 8.94. The van der Waals surface area contributed by atoms with Crippen LogP contribution in [0, 0.1) is 0 Å². The van der Waals surface area contributed by atoms with Crippen molar-refractivity contribution >= 4 is 10.0 Å². The van der Waals surface area contributed by atoms with Crippen LogP contribution in [0.15, 0.2) is 11.2 Å². The Bertz CT molecular complexity index is 482. The Morgan fingerprint density at radius 3 is 2.63 bits per heavy atom. The Balaban J connectivity index is 2.75. The molecule has 7 nitrogen and oxygen atoms in total. The molecule has 0 spiro atoms. The van der Waals surface area contributed by atoms with Crippen molar-refractivity contribution in [3.63, 3.8) is 0 Å². The number of aliphatic hydroxyl groups excluding tert-OH is 1. The molecule has 0 amide bonds. The molecule has 0 aliphatic heterocycles. The van der Waals surface area contributed by atoms with Crippen LogP contribution in [0.5, 0.6) is 0 Å². The lowest BCUT2D eigenvalue weighted by Gasteiger charge is -2.23. The summed E-state index contributed by atoms with van der Waals surface area (Å²) >= 11 is 0. The molecule has 110 valence electrons. The summed E-state index contributed by atoms with van der Waals surface area (Å²) in [5.74, 6) is 0. The van der Waals surface area contributed by atoms with Gasteiger partial charge in [-0.1, -0.05) is 13.8 Å². The Hall–Kier alpha value is -0.960. The van der Waals surface area contributed by atoms with Gasteiger partial charge in [0.15, 0.2) is 5.03 Å². The number of aromatic nitrogens is 2. The number of sulfonamides is 1. The highest BCUT2D eigenvalue weighted by Gasteiger charge is 2.23. The molecule has 0 saturated carbocycles. The second-order valence-corrected chi connectivity index (χ2v) is 6.04. The van der Waals surface area contributed by atoms with E-state index in [1.807, 2.05) is 20.8 Å². The van der Waals surface area contributed by atoms with Gasteiger partial charge >= 0.3 is 0 Å². The molecule has 1 atom stereocenters. The first-order valence-corrected chi connectivity index (χ1v) is 7.80. The van der Waals surface area contributed by atoms with E-state index in [0.29, 0.717) is 6.54 Å². The maximum Gasteiger partial charge on any atom is 0.258 e. The SMILES string of the molecule is CCN(CC)CC(C)NS(=O)(=O)c1[nH]ncc1CO. The molecule has 0 aliphatic rings. The second kappa shape index (κ2) is 6.99. The van der Waals surface area contributed by atoms with Gasteiger partial charge in [0, 0.05) is 18.2 Å². The lowest BCUT2D eigenvalue weighted by Crippen LogP contribution is -2.42. The van der Waals surface area contributed by atoms with E-state index < -0.39 is 10.0 Å². The summed E-state index contributed by atoms with van der Waals surface area (Å²) in [4.78, 5) is 2.13. The summed E-state index contributed by atoms with van der Waals surface area (Å²) in [6.45, 7) is 7.88. The van der Waals surface area contributed by atoms with Crippen molar-refractivity contribution in [3.05, 3.63) is 11.8 Å². The molecule has 0 bridgehead atoms. The number of hydrogen-bond donors (Lipinski definition) is 3. The zero-order valence-corrected chi connectivity index (χ0v) is 12.4. The number of likely N-dealkylation sites (N-methyl/N-ethyl adjacent to an activating group) is 1. The Labute approximate surface area is 114 Å². The van der Waals surface area contributed by atoms with Crippen molar-refractivity contribution < 1.29 is 13.5 Å². The molecule has 1 rings (SSSR count). The average Bonchev–Trinajstić information content (AvgIpc) is 2.84. The standard InChI is InChI=1S/C11H22N4O3S/c1-4-15(5-2)7-9(3)14-19(17,18)11-10(8-16)6-12-13-11/h6,9,14,16H,4-5,7-8H2,1-3H3,(H,12,13). The Kier molecular flexibility index (Phi) is 5.92. The highest BCUT2D eigenvalue weighted by Crippen LogP contribution is 2.12. The zero-order chi connectivity index (χ0) is 14.5. The quantitative estimate of drug-likeness (QED) is 0.621. The van der Waals surface area contributed by atoms with Crippen molar-refractivity contribution in [1.82, 2.24) is 19.8 Å². The number of rotatable bonds is 8. The van der Waals surface area contributed by atoms with Gasteiger partial charge in [-0.05, 0) is 20.0 Å². The van der Waals surface area contributed by atoms with Crippen molar-refractivity contribution in [2.24, 2.45) is 0 Å². The fourth-order valence-corrected chi connectivity index (χ4v) is 3.23. The second-order valence-electron chi connectivity index (χ2n) is 4.39. The Morgan fingerprint density at radius 1 is 1.47 bits per heavy atom. The van der Waals surface area contributed by atoms with E-state index >= 15 is 0 Å². The number of aromatic amines is 1. The monoisotopic (exact) mass is 290 g/mol. The maximum absolute atomic E-state index is 12.1. The van der Waals surface area contributed by atoms with E-state index in [1.165, 1.54) is 6.20 Å². The number of hydrogen-bond acceptors (Lipinski definition) is 5. The lowest BCUT2D eigenvalue weighted by molar-refractivity contribution is 0.277. The van der Waals surface area contributed by atoms with Crippen LogP contribution in [0.4, 0.5) is 0 Å². The molecular formula is C11H22N4O3S. The number of aliphatic hydroxyl groups is 1. The molecule has 1 aromatic rings. The highest BCUT2D eigenvalue weighted by molar-refractivity contribution is 7.89. The minimum absolute atomic E-state index is 0.0682. The summed E-state index contributed by atoms with van der Waals surface area (Å²) in [7, 11) is -3.68. The van der Waals surface area contributed by atoms with Gasteiger partial charge in [-0.25, -0.2) is 13.1 Å². The first-order valence-electron chi connectivity index (χ1n) is 6.32. The van der Waals surface area contributed by atoms with Crippen LogP contribution in [0.1, 0.15) is 26.3 Å². The van der Waals surface area contributed by atoms with Gasteiger partial charge in [0.2, 0.25) is 0 Å². The van der Waals surface area contributed by atoms with Crippen LogP contribution in [-0.4, -0.2) is 54.3 Å². The van der Waals surface area contributed by atoms with Gasteiger partial charge in [-0.2, -0.15) is 5.10 Å². The minimum atomic E-state index is -3.68. The first kappa shape index (κ1) is 16.1. The van der Waals surface area contributed by atoms with Gasteiger partial charge in [0.25, 0.3) is 10.0 Å². The van der Waals surface area contributed by atoms with Gasteiger partial charge in [-0.15, -0.1) is 0 Å². The zero-order valence-electron chi connectivity index (χ0n) is 11.5. The summed E-state index contributed by atoms with van der Waals surface area (Å²) in [6.07, 6.45) is 1.31. The average molecular weight is 290 g/mol. The molecule has 1 heterocycles. The van der Waals surface area contributed by atoms with Crippen LogP contribution >= 0.6 is 0 Å². The number of nitrogens with zero attached hydrogens (tertiary/aromatic N) is 2. The van der Waals surface area contributed by atoms with Crippen LogP contribution in [0.3, 0.4) is 0 Å². The molecule has 1 unspecified atom stereocenters. The van der Waals surface area contributed by atoms with Gasteiger partial charge in [0.1, 0.15) is 0 Å². The fraction of sp³-hybridized carbons (Fsp3) is 0.727. The van der Waals surface area contributed by atoms with E-state index in [0.717, 1.165) is 13.1 Å². The largest absolute Gasteiger partial charge is 0.392 e. The van der Waals surface area contributed by atoms with E-state index in [1.54, 1.807) is 0 Å². The van der Waals surface area contributed by atoms with Crippen molar-refractivity contribution in [1.29, 1.82) is 0 Å². The third-order valence-corrected chi connectivity index (χ3v) is 4.50. The van der Waals surface area contributed by atoms with E-state index in [2.05, 4.69) is 19.8 Å². The maximum atomic E-state index is 12.1. The molecule has 0 aromatic carbocycles. The fourth-order valence-electron chi connectivity index (χ4n) is 1.87. The topological polar surface area (TPSA) is 98.3 Å². The van der Waals surface area contributed by atoms with E-state index in [9.17, 15) is 8.42 Å². The van der Waals surface area contributed by atoms with Gasteiger partial charge in [-0.3, -0.25) is 5.10 Å². The number of nitrogens with one attached hydrogen (secondary N) is 2. The molecule has 0 fully saturated rings. The molecule has 0 aliphatic carbocycles.